The summed E-state index contributed by atoms with van der Waals surface area (Å²) in [6, 6.07) is 19.4. The second-order valence-corrected chi connectivity index (χ2v) is 8.38. The Morgan fingerprint density at radius 2 is 1.97 bits per heavy atom. The van der Waals surface area contributed by atoms with Gasteiger partial charge in [0.25, 0.3) is 5.91 Å². The molecule has 146 valence electrons. The van der Waals surface area contributed by atoms with Gasteiger partial charge in [-0.3, -0.25) is 4.79 Å². The molecule has 0 unspecified atom stereocenters. The Kier molecular flexibility index (Phi) is 4.86. The van der Waals surface area contributed by atoms with E-state index in [9.17, 15) is 4.79 Å². The molecule has 0 bridgehead atoms. The van der Waals surface area contributed by atoms with Crippen LogP contribution in [0.15, 0.2) is 75.9 Å². The summed E-state index contributed by atoms with van der Waals surface area (Å²) in [6.07, 6.45) is 2.59. The molecule has 1 amide bonds. The highest BCUT2D eigenvalue weighted by Crippen LogP contribution is 2.35. The quantitative estimate of drug-likeness (QED) is 0.457. The van der Waals surface area contributed by atoms with Gasteiger partial charge in [0.2, 0.25) is 0 Å². The molecule has 1 aliphatic rings. The van der Waals surface area contributed by atoms with E-state index in [-0.39, 0.29) is 5.91 Å². The number of carbonyl (C=O) groups is 1. The average Bonchev–Trinajstić information content (AvgIpc) is 3.38. The molecule has 2 aromatic heterocycles. The summed E-state index contributed by atoms with van der Waals surface area (Å²) < 4.78 is 11.1. The van der Waals surface area contributed by atoms with Crippen LogP contribution in [0.3, 0.4) is 0 Å². The van der Waals surface area contributed by atoms with E-state index >= 15 is 0 Å². The first kappa shape index (κ1) is 18.1. The molecule has 0 saturated carbocycles. The minimum Gasteiger partial charge on any atom is -0.468 e. The number of amides is 1. The third kappa shape index (κ3) is 3.56. The fraction of sp³-hybridized carbons (Fsp3) is 0.217. The zero-order valence-electron chi connectivity index (χ0n) is 15.8. The largest absolute Gasteiger partial charge is 0.468 e. The van der Waals surface area contributed by atoms with Gasteiger partial charge in [-0.05, 0) is 36.8 Å². The fourth-order valence-electron chi connectivity index (χ4n) is 3.73. The number of carbonyl (C=O) groups excluding carboxylic acids is 1. The van der Waals surface area contributed by atoms with Crippen LogP contribution in [0.4, 0.5) is 0 Å². The first-order chi connectivity index (χ1) is 14.3. The lowest BCUT2D eigenvalue weighted by Gasteiger charge is -2.20. The highest BCUT2D eigenvalue weighted by Gasteiger charge is 2.25. The summed E-state index contributed by atoms with van der Waals surface area (Å²) in [7, 11) is 0. The van der Waals surface area contributed by atoms with Crippen LogP contribution in [-0.2, 0) is 0 Å². The molecule has 0 N–H and O–H groups in total. The Balaban J connectivity index is 1.39. The standard InChI is InChI=1S/C23H20N2O3S/c26-23(25-11-10-21(29-14-12-25)20-7-4-13-27-20)17-8-9-19-18(15-17)22(28-24-19)16-5-2-1-3-6-16/h1-9,13,15,21H,10-12,14H2/t21-/m1/s1. The van der Waals surface area contributed by atoms with E-state index in [0.29, 0.717) is 23.1 Å². The van der Waals surface area contributed by atoms with Crippen molar-refractivity contribution in [2.75, 3.05) is 18.8 Å². The van der Waals surface area contributed by atoms with E-state index in [1.807, 2.05) is 77.3 Å². The highest BCUT2D eigenvalue weighted by atomic mass is 32.2. The molecule has 0 spiro atoms. The molecular weight excluding hydrogens is 384 g/mol. The van der Waals surface area contributed by atoms with Gasteiger partial charge < -0.3 is 13.8 Å². The van der Waals surface area contributed by atoms with Crippen molar-refractivity contribution in [3.63, 3.8) is 0 Å². The van der Waals surface area contributed by atoms with E-state index in [0.717, 1.165) is 40.9 Å². The Hall–Kier alpha value is -2.99. The maximum absolute atomic E-state index is 13.2. The van der Waals surface area contributed by atoms with Crippen LogP contribution in [0.2, 0.25) is 0 Å². The third-order valence-electron chi connectivity index (χ3n) is 5.25. The lowest BCUT2D eigenvalue weighted by atomic mass is 10.1. The van der Waals surface area contributed by atoms with Crippen LogP contribution < -0.4 is 0 Å². The van der Waals surface area contributed by atoms with Crippen molar-refractivity contribution >= 4 is 28.6 Å². The molecule has 1 atom stereocenters. The number of nitrogens with zero attached hydrogens (tertiary/aromatic N) is 2. The fourth-order valence-corrected chi connectivity index (χ4v) is 4.91. The van der Waals surface area contributed by atoms with Crippen molar-refractivity contribution in [1.82, 2.24) is 10.1 Å². The predicted octanol–water partition coefficient (Wildman–Crippen LogP) is 5.41. The van der Waals surface area contributed by atoms with Crippen LogP contribution >= 0.6 is 11.8 Å². The van der Waals surface area contributed by atoms with Gasteiger partial charge in [-0.2, -0.15) is 0 Å². The van der Waals surface area contributed by atoms with Crippen molar-refractivity contribution < 1.29 is 13.7 Å². The zero-order chi connectivity index (χ0) is 19.6. The Bertz CT molecular complexity index is 1120. The van der Waals surface area contributed by atoms with E-state index < -0.39 is 0 Å². The molecular formula is C23H20N2O3S. The van der Waals surface area contributed by atoms with E-state index in [1.165, 1.54) is 0 Å². The van der Waals surface area contributed by atoms with E-state index in [2.05, 4.69) is 5.16 Å². The molecule has 3 heterocycles. The van der Waals surface area contributed by atoms with E-state index in [1.54, 1.807) is 6.26 Å². The lowest BCUT2D eigenvalue weighted by Crippen LogP contribution is -2.32. The maximum atomic E-state index is 13.2. The monoisotopic (exact) mass is 404 g/mol. The van der Waals surface area contributed by atoms with Crippen LogP contribution in [-0.4, -0.2) is 34.8 Å². The number of benzene rings is 2. The summed E-state index contributed by atoms with van der Waals surface area (Å²) >= 11 is 1.85. The number of thioether (sulfide) groups is 1. The molecule has 0 radical (unpaired) electrons. The molecule has 6 heteroatoms. The van der Waals surface area contributed by atoms with Crippen LogP contribution in [0, 0.1) is 0 Å². The van der Waals surface area contributed by atoms with Gasteiger partial charge in [0.15, 0.2) is 5.76 Å². The SMILES string of the molecule is O=C(c1ccc2noc(-c3ccccc3)c2c1)N1CCS[C@@H](c2ccco2)CC1. The Labute approximate surface area is 172 Å². The molecule has 4 aromatic rings. The molecule has 2 aromatic carbocycles. The third-order valence-corrected chi connectivity index (χ3v) is 6.54. The second-order valence-electron chi connectivity index (χ2n) is 7.07. The van der Waals surface area contributed by atoms with Gasteiger partial charge in [0.1, 0.15) is 11.3 Å². The molecule has 5 nitrogen and oxygen atoms in total. The first-order valence-corrected chi connectivity index (χ1v) is 10.7. The minimum absolute atomic E-state index is 0.0489. The Morgan fingerprint density at radius 1 is 1.07 bits per heavy atom. The molecule has 5 rings (SSSR count). The summed E-state index contributed by atoms with van der Waals surface area (Å²) in [5.74, 6) is 2.62. The number of hydrogen-bond acceptors (Lipinski definition) is 5. The zero-order valence-corrected chi connectivity index (χ0v) is 16.6. The molecule has 1 aliphatic heterocycles. The number of aromatic nitrogens is 1. The first-order valence-electron chi connectivity index (χ1n) is 9.69. The highest BCUT2D eigenvalue weighted by molar-refractivity contribution is 7.99. The van der Waals surface area contributed by atoms with Crippen LogP contribution in [0.1, 0.15) is 27.8 Å². The van der Waals surface area contributed by atoms with Crippen molar-refractivity contribution in [2.45, 2.75) is 11.7 Å². The summed E-state index contributed by atoms with van der Waals surface area (Å²) in [5, 5.41) is 5.31. The van der Waals surface area contributed by atoms with Gasteiger partial charge in [-0.15, -0.1) is 11.8 Å². The van der Waals surface area contributed by atoms with Crippen molar-refractivity contribution in [3.8, 4) is 11.3 Å². The van der Waals surface area contributed by atoms with Gasteiger partial charge >= 0.3 is 0 Å². The number of hydrogen-bond donors (Lipinski definition) is 0. The summed E-state index contributed by atoms with van der Waals surface area (Å²) in [4.78, 5) is 15.1. The lowest BCUT2D eigenvalue weighted by molar-refractivity contribution is 0.0766. The van der Waals surface area contributed by atoms with E-state index in [4.69, 9.17) is 8.94 Å². The second kappa shape index (κ2) is 7.79. The van der Waals surface area contributed by atoms with Gasteiger partial charge in [0, 0.05) is 30.0 Å². The smallest absolute Gasteiger partial charge is 0.253 e. The number of rotatable bonds is 3. The van der Waals surface area contributed by atoms with Crippen LogP contribution in [0.5, 0.6) is 0 Å². The number of fused-ring (bicyclic) bond motifs is 1. The minimum atomic E-state index is 0.0489. The van der Waals surface area contributed by atoms with Gasteiger partial charge in [-0.1, -0.05) is 35.5 Å². The Morgan fingerprint density at radius 3 is 2.79 bits per heavy atom. The normalized spacial score (nSPS) is 17.4. The van der Waals surface area contributed by atoms with Gasteiger partial charge in [-0.25, -0.2) is 0 Å². The predicted molar refractivity (Wildman–Crippen MR) is 114 cm³/mol. The molecule has 1 saturated heterocycles. The molecule has 0 aliphatic carbocycles. The van der Waals surface area contributed by atoms with Crippen molar-refractivity contribution in [3.05, 3.63) is 78.3 Å². The molecule has 1 fully saturated rings. The van der Waals surface area contributed by atoms with Crippen molar-refractivity contribution in [2.24, 2.45) is 0 Å². The van der Waals surface area contributed by atoms with Crippen LogP contribution in [0.25, 0.3) is 22.2 Å². The topological polar surface area (TPSA) is 59.5 Å². The average molecular weight is 404 g/mol. The molecule has 29 heavy (non-hydrogen) atoms. The summed E-state index contributed by atoms with van der Waals surface area (Å²) in [6.45, 7) is 1.44. The summed E-state index contributed by atoms with van der Waals surface area (Å²) in [5.41, 5.74) is 2.37. The van der Waals surface area contributed by atoms with Crippen molar-refractivity contribution in [1.29, 1.82) is 0 Å². The van der Waals surface area contributed by atoms with Gasteiger partial charge in [0.05, 0.1) is 16.9 Å². The number of furan rings is 1. The maximum Gasteiger partial charge on any atom is 0.253 e.